The number of rotatable bonds is 13. The van der Waals surface area contributed by atoms with Gasteiger partial charge in [0.15, 0.2) is 0 Å². The molecule has 204 valence electrons. The Hall–Kier alpha value is -4.25. The number of nitrogens with one attached hydrogen (secondary N) is 4. The Labute approximate surface area is 226 Å². The zero-order chi connectivity index (χ0) is 27.6. The number of phenolic OH excluding ortho intramolecular Hbond substituents is 1. The van der Waals surface area contributed by atoms with Crippen molar-refractivity contribution in [3.8, 4) is 5.75 Å². The zero-order valence-electron chi connectivity index (χ0n) is 20.3. The minimum Gasteiger partial charge on any atom is -0.507 e. The van der Waals surface area contributed by atoms with Gasteiger partial charge in [-0.2, -0.15) is 15.0 Å². The molecule has 14 nitrogen and oxygen atoms in total. The molecule has 0 saturated carbocycles. The average molecular weight is 556 g/mol. The largest absolute Gasteiger partial charge is 0.507 e. The number of nitrogens with zero attached hydrogens (tertiary/aromatic N) is 3. The molecule has 0 aliphatic heterocycles. The molecule has 0 unspecified atom stereocenters. The standard InChI is InChI=1S/C24H25N7O7S/c32-9-7-25-22-29-23(26-8-10-33)31-24(30-22)28-16-3-1-14(2-4-16)21(35)27-17-5-6-19-15(11-17)12-18(13-20(19)34)39-38-37-36/h1-6,11-13,32-34,36H,7-10H2,(H,27,35)(H3,25,26,28,29,30,31). The van der Waals surface area contributed by atoms with Gasteiger partial charge in [-0.3, -0.25) is 4.79 Å². The van der Waals surface area contributed by atoms with Crippen molar-refractivity contribution in [2.45, 2.75) is 4.90 Å². The molecule has 0 radical (unpaired) electrons. The Morgan fingerprint density at radius 3 is 2.13 bits per heavy atom. The number of hydrogen-bond acceptors (Lipinski definition) is 14. The summed E-state index contributed by atoms with van der Waals surface area (Å²) in [6, 6.07) is 14.8. The normalized spacial score (nSPS) is 10.8. The molecule has 0 fully saturated rings. The van der Waals surface area contributed by atoms with Crippen LogP contribution in [0.5, 0.6) is 5.75 Å². The van der Waals surface area contributed by atoms with Gasteiger partial charge in [-0.1, -0.05) is 5.04 Å². The van der Waals surface area contributed by atoms with Crippen LogP contribution in [0.15, 0.2) is 59.5 Å². The van der Waals surface area contributed by atoms with Crippen LogP contribution in [-0.2, 0) is 9.37 Å². The molecular weight excluding hydrogens is 530 g/mol. The van der Waals surface area contributed by atoms with Crippen LogP contribution in [0.1, 0.15) is 10.4 Å². The van der Waals surface area contributed by atoms with Crippen molar-refractivity contribution in [2.24, 2.45) is 0 Å². The third-order valence-electron chi connectivity index (χ3n) is 5.15. The van der Waals surface area contributed by atoms with Crippen molar-refractivity contribution in [3.63, 3.8) is 0 Å². The summed E-state index contributed by atoms with van der Waals surface area (Å²) in [7, 11) is 0. The molecule has 8 N–H and O–H groups in total. The molecule has 15 heteroatoms. The number of hydrogen-bond donors (Lipinski definition) is 8. The summed E-state index contributed by atoms with van der Waals surface area (Å²) < 4.78 is 4.42. The van der Waals surface area contributed by atoms with E-state index in [0.717, 1.165) is 0 Å². The van der Waals surface area contributed by atoms with Gasteiger partial charge in [0.1, 0.15) is 5.75 Å². The van der Waals surface area contributed by atoms with Crippen LogP contribution in [0.25, 0.3) is 10.8 Å². The van der Waals surface area contributed by atoms with Crippen LogP contribution >= 0.6 is 12.0 Å². The smallest absolute Gasteiger partial charge is 0.255 e. The fraction of sp³-hybridized carbons (Fsp3) is 0.167. The SMILES string of the molecule is O=C(Nc1ccc2c(O)cc(SOOO)cc2c1)c1ccc(Nc2nc(NCCO)nc(NCCO)n2)cc1. The molecule has 0 aliphatic carbocycles. The fourth-order valence-corrected chi connectivity index (χ4v) is 3.91. The number of carbonyl (C=O) groups is 1. The summed E-state index contributed by atoms with van der Waals surface area (Å²) >= 11 is 0.711. The Bertz CT molecular complexity index is 1400. The topological polar surface area (TPSA) is 203 Å². The van der Waals surface area contributed by atoms with E-state index in [0.29, 0.717) is 44.6 Å². The summed E-state index contributed by atoms with van der Waals surface area (Å²) in [6.07, 6.45) is 0. The van der Waals surface area contributed by atoms with Crippen molar-refractivity contribution < 1.29 is 34.7 Å². The molecule has 1 amide bonds. The van der Waals surface area contributed by atoms with Crippen LogP contribution in [-0.4, -0.2) is 67.7 Å². The maximum Gasteiger partial charge on any atom is 0.255 e. The highest BCUT2D eigenvalue weighted by atomic mass is 32.2. The maximum absolute atomic E-state index is 12.8. The van der Waals surface area contributed by atoms with Crippen LogP contribution in [0.2, 0.25) is 0 Å². The Morgan fingerprint density at radius 1 is 0.846 bits per heavy atom. The molecule has 0 saturated heterocycles. The van der Waals surface area contributed by atoms with Crippen molar-refractivity contribution in [3.05, 3.63) is 60.2 Å². The monoisotopic (exact) mass is 555 g/mol. The first-order valence-corrected chi connectivity index (χ1v) is 12.3. The number of aromatic nitrogens is 3. The fourth-order valence-electron chi connectivity index (χ4n) is 3.47. The molecule has 0 aliphatic rings. The lowest BCUT2D eigenvalue weighted by molar-refractivity contribution is -0.432. The number of aliphatic hydroxyl groups is 2. The lowest BCUT2D eigenvalue weighted by Gasteiger charge is -2.11. The molecule has 4 rings (SSSR count). The van der Waals surface area contributed by atoms with Gasteiger partial charge in [-0.25, -0.2) is 5.26 Å². The minimum atomic E-state index is -0.348. The van der Waals surface area contributed by atoms with E-state index in [1.165, 1.54) is 6.07 Å². The number of fused-ring (bicyclic) bond motifs is 1. The average Bonchev–Trinajstić information content (AvgIpc) is 2.94. The molecule has 0 atom stereocenters. The van der Waals surface area contributed by atoms with Gasteiger partial charge in [0.05, 0.1) is 25.3 Å². The van der Waals surface area contributed by atoms with Crippen LogP contribution in [0.3, 0.4) is 0 Å². The molecule has 0 spiro atoms. The molecule has 39 heavy (non-hydrogen) atoms. The quantitative estimate of drug-likeness (QED) is 0.0679. The summed E-state index contributed by atoms with van der Waals surface area (Å²) in [5.41, 5.74) is 1.51. The molecule has 1 aromatic heterocycles. The summed E-state index contributed by atoms with van der Waals surface area (Å²) in [4.78, 5) is 26.0. The number of carbonyl (C=O) groups excluding carboxylic acids is 1. The van der Waals surface area contributed by atoms with E-state index >= 15 is 0 Å². The predicted molar refractivity (Wildman–Crippen MR) is 145 cm³/mol. The van der Waals surface area contributed by atoms with E-state index in [1.807, 2.05) is 0 Å². The lowest BCUT2D eigenvalue weighted by Crippen LogP contribution is -2.15. The molecule has 3 aromatic carbocycles. The Kier molecular flexibility index (Phi) is 9.63. The maximum atomic E-state index is 12.8. The van der Waals surface area contributed by atoms with Crippen molar-refractivity contribution in [1.82, 2.24) is 15.0 Å². The number of anilines is 5. The van der Waals surface area contributed by atoms with E-state index in [4.69, 9.17) is 15.5 Å². The predicted octanol–water partition coefficient (Wildman–Crippen LogP) is 2.96. The summed E-state index contributed by atoms with van der Waals surface area (Å²) in [6.45, 7) is 0.291. The number of amides is 1. The first-order chi connectivity index (χ1) is 19.0. The zero-order valence-corrected chi connectivity index (χ0v) is 21.1. The lowest BCUT2D eigenvalue weighted by atomic mass is 10.1. The second-order valence-electron chi connectivity index (χ2n) is 7.87. The first-order valence-electron chi connectivity index (χ1n) is 11.5. The highest BCUT2D eigenvalue weighted by molar-refractivity contribution is 7.94. The Morgan fingerprint density at radius 2 is 1.49 bits per heavy atom. The van der Waals surface area contributed by atoms with Gasteiger partial charge >= 0.3 is 0 Å². The molecular formula is C24H25N7O7S. The highest BCUT2D eigenvalue weighted by Gasteiger charge is 2.11. The number of benzene rings is 3. The highest BCUT2D eigenvalue weighted by Crippen LogP contribution is 2.33. The van der Waals surface area contributed by atoms with Crippen molar-refractivity contribution in [1.29, 1.82) is 0 Å². The van der Waals surface area contributed by atoms with Crippen LogP contribution in [0.4, 0.5) is 29.2 Å². The van der Waals surface area contributed by atoms with E-state index in [-0.39, 0.29) is 55.8 Å². The minimum absolute atomic E-state index is 0.00304. The van der Waals surface area contributed by atoms with E-state index in [2.05, 4.69) is 45.6 Å². The number of aromatic hydroxyl groups is 1. The van der Waals surface area contributed by atoms with Crippen LogP contribution in [0, 0.1) is 0 Å². The molecule has 1 heterocycles. The number of aliphatic hydroxyl groups excluding tert-OH is 2. The Balaban J connectivity index is 1.45. The van der Waals surface area contributed by atoms with Gasteiger partial charge in [-0.05, 0) is 60.0 Å². The van der Waals surface area contributed by atoms with Gasteiger partial charge in [-0.15, -0.1) is 4.33 Å². The first kappa shape index (κ1) is 27.8. The summed E-state index contributed by atoms with van der Waals surface area (Å²) in [5, 5.41) is 53.1. The van der Waals surface area contributed by atoms with Crippen molar-refractivity contribution in [2.75, 3.05) is 47.6 Å². The molecule has 4 aromatic rings. The van der Waals surface area contributed by atoms with Gasteiger partial charge in [0, 0.05) is 40.3 Å². The van der Waals surface area contributed by atoms with Gasteiger partial charge < -0.3 is 36.6 Å². The van der Waals surface area contributed by atoms with Gasteiger partial charge in [0.25, 0.3) is 5.91 Å². The van der Waals surface area contributed by atoms with Gasteiger partial charge in [0.2, 0.25) is 17.8 Å². The van der Waals surface area contributed by atoms with E-state index < -0.39 is 0 Å². The van der Waals surface area contributed by atoms with Crippen LogP contribution < -0.4 is 21.3 Å². The number of phenols is 1. The van der Waals surface area contributed by atoms with E-state index in [1.54, 1.807) is 48.5 Å². The second kappa shape index (κ2) is 13.5. The third kappa shape index (κ3) is 7.64. The van der Waals surface area contributed by atoms with E-state index in [9.17, 15) is 9.90 Å². The van der Waals surface area contributed by atoms with Crippen molar-refractivity contribution >= 4 is 57.9 Å². The third-order valence-corrected chi connectivity index (χ3v) is 5.71. The summed E-state index contributed by atoms with van der Waals surface area (Å²) in [5.74, 6) is 0.349. The molecule has 0 bridgehead atoms. The second-order valence-corrected chi connectivity index (χ2v) is 8.64.